The van der Waals surface area contributed by atoms with E-state index in [1.165, 1.54) is 0 Å². The molecule has 1 aromatic carbocycles. The summed E-state index contributed by atoms with van der Waals surface area (Å²) in [5.74, 6) is -0.735. The average Bonchev–Trinajstić information content (AvgIpc) is 3.16. The van der Waals surface area contributed by atoms with E-state index in [4.69, 9.17) is 15.2 Å². The van der Waals surface area contributed by atoms with E-state index in [9.17, 15) is 19.2 Å². The zero-order valence-electron chi connectivity index (χ0n) is 20.8. The molecule has 1 aliphatic heterocycles. The van der Waals surface area contributed by atoms with Crippen molar-refractivity contribution in [3.63, 3.8) is 0 Å². The number of anilines is 2. The Hall–Kier alpha value is -3.89. The maximum atomic E-state index is 12.8. The van der Waals surface area contributed by atoms with E-state index >= 15 is 0 Å². The third-order valence-electron chi connectivity index (χ3n) is 6.03. The van der Waals surface area contributed by atoms with Crippen LogP contribution in [0.2, 0.25) is 0 Å². The van der Waals surface area contributed by atoms with Gasteiger partial charge in [-0.05, 0) is 50.8 Å². The topological polar surface area (TPSA) is 157 Å². The largest absolute Gasteiger partial charge is 0.466 e. The molecule has 1 amide bonds. The third kappa shape index (κ3) is 6.61. The van der Waals surface area contributed by atoms with Gasteiger partial charge >= 0.3 is 11.9 Å². The van der Waals surface area contributed by atoms with Crippen molar-refractivity contribution in [2.75, 3.05) is 37.4 Å². The molecule has 0 saturated carbocycles. The predicted octanol–water partition coefficient (Wildman–Crippen LogP) is 1.52. The van der Waals surface area contributed by atoms with Gasteiger partial charge in [-0.1, -0.05) is 12.1 Å². The summed E-state index contributed by atoms with van der Waals surface area (Å²) in [5, 5.41) is 2.66. The van der Waals surface area contributed by atoms with Gasteiger partial charge in [0.05, 0.1) is 18.8 Å². The number of nitrogen functional groups attached to an aromatic ring is 1. The Bertz CT molecular complexity index is 1150. The van der Waals surface area contributed by atoms with Crippen LogP contribution in [0, 0.1) is 0 Å². The monoisotopic (exact) mass is 499 g/mol. The number of carbonyl (C=O) groups excluding carboxylic acids is 3. The van der Waals surface area contributed by atoms with Crippen LogP contribution in [0.4, 0.5) is 11.8 Å². The summed E-state index contributed by atoms with van der Waals surface area (Å²) >= 11 is 0. The van der Waals surface area contributed by atoms with E-state index in [2.05, 4.69) is 15.3 Å². The van der Waals surface area contributed by atoms with Crippen LogP contribution < -0.4 is 21.5 Å². The van der Waals surface area contributed by atoms with Crippen LogP contribution in [0.1, 0.15) is 60.5 Å². The number of ether oxygens (including phenoxy) is 2. The number of aromatic nitrogens is 2. The van der Waals surface area contributed by atoms with Gasteiger partial charge in [0.2, 0.25) is 5.95 Å². The number of hydrogen-bond acceptors (Lipinski definition) is 9. The number of benzene rings is 1. The number of H-pyrrole nitrogens is 1. The van der Waals surface area contributed by atoms with Gasteiger partial charge in [0.15, 0.2) is 0 Å². The number of aromatic amines is 1. The van der Waals surface area contributed by atoms with E-state index in [-0.39, 0.29) is 43.5 Å². The molecular weight excluding hydrogens is 466 g/mol. The fraction of sp³-hybridized carbons (Fsp3) is 0.480. The highest BCUT2D eigenvalue weighted by Crippen LogP contribution is 2.34. The Balaban J connectivity index is 1.60. The first kappa shape index (κ1) is 26.7. The zero-order chi connectivity index (χ0) is 26.2. The smallest absolute Gasteiger partial charge is 0.328 e. The maximum Gasteiger partial charge on any atom is 0.328 e. The van der Waals surface area contributed by atoms with Gasteiger partial charge in [-0.2, -0.15) is 4.98 Å². The number of nitrogens with one attached hydrogen (secondary N) is 2. The molecule has 0 fully saturated rings. The molecule has 2 atom stereocenters. The van der Waals surface area contributed by atoms with Gasteiger partial charge in [0.1, 0.15) is 11.9 Å². The number of amides is 1. The molecule has 0 radical (unpaired) electrons. The highest BCUT2D eigenvalue weighted by molar-refractivity contribution is 5.96. The molecule has 1 unspecified atom stereocenters. The highest BCUT2D eigenvalue weighted by atomic mass is 16.5. The SMILES string of the molecule is CCOC(=O)CC[C@@H](NC(=O)c1ccc(CCC2CN(C)c3nc(N)[nH]c(=O)c32)cc1)C(=O)OCC. The number of aryl methyl sites for hydroxylation is 1. The van der Waals surface area contributed by atoms with Crippen LogP contribution in [0.3, 0.4) is 0 Å². The molecule has 3 rings (SSSR count). The first-order chi connectivity index (χ1) is 17.2. The lowest BCUT2D eigenvalue weighted by atomic mass is 9.95. The molecule has 0 spiro atoms. The second-order valence-electron chi connectivity index (χ2n) is 8.62. The van der Waals surface area contributed by atoms with Crippen molar-refractivity contribution >= 4 is 29.6 Å². The molecule has 4 N–H and O–H groups in total. The predicted molar refractivity (Wildman–Crippen MR) is 134 cm³/mol. The quantitative estimate of drug-likeness (QED) is 0.390. The number of nitrogens with two attached hydrogens (primary N) is 1. The van der Waals surface area contributed by atoms with E-state index in [0.717, 1.165) is 12.0 Å². The number of hydrogen-bond donors (Lipinski definition) is 3. The molecule has 0 bridgehead atoms. The minimum absolute atomic E-state index is 0.0129. The molecular formula is C25H33N5O6. The van der Waals surface area contributed by atoms with Crippen molar-refractivity contribution < 1.29 is 23.9 Å². The van der Waals surface area contributed by atoms with Crippen LogP contribution in [0.15, 0.2) is 29.1 Å². The highest BCUT2D eigenvalue weighted by Gasteiger charge is 2.31. The molecule has 11 heteroatoms. The normalized spacial score (nSPS) is 15.2. The fourth-order valence-electron chi connectivity index (χ4n) is 4.28. The van der Waals surface area contributed by atoms with Crippen molar-refractivity contribution in [3.05, 3.63) is 51.3 Å². The summed E-state index contributed by atoms with van der Waals surface area (Å²) < 4.78 is 9.93. The summed E-state index contributed by atoms with van der Waals surface area (Å²) in [5.41, 5.74) is 7.50. The van der Waals surface area contributed by atoms with Gasteiger partial charge in [-0.25, -0.2) is 4.79 Å². The molecule has 1 aliphatic rings. The van der Waals surface area contributed by atoms with Crippen LogP contribution in [-0.4, -0.2) is 60.7 Å². The van der Waals surface area contributed by atoms with Crippen molar-refractivity contribution in [2.24, 2.45) is 0 Å². The molecule has 11 nitrogen and oxygen atoms in total. The van der Waals surface area contributed by atoms with Gasteiger partial charge in [0.25, 0.3) is 11.5 Å². The molecule has 36 heavy (non-hydrogen) atoms. The van der Waals surface area contributed by atoms with Crippen molar-refractivity contribution in [3.8, 4) is 0 Å². The summed E-state index contributed by atoms with van der Waals surface area (Å²) in [6, 6.07) is 6.10. The van der Waals surface area contributed by atoms with E-state index in [1.807, 2.05) is 24.1 Å². The van der Waals surface area contributed by atoms with Crippen LogP contribution in [0.25, 0.3) is 0 Å². The molecule has 0 aliphatic carbocycles. The second kappa shape index (κ2) is 12.2. The lowest BCUT2D eigenvalue weighted by Gasteiger charge is -2.17. The van der Waals surface area contributed by atoms with Crippen LogP contribution in [-0.2, 0) is 25.5 Å². The molecule has 1 aromatic heterocycles. The van der Waals surface area contributed by atoms with Crippen molar-refractivity contribution in [1.82, 2.24) is 15.3 Å². The van der Waals surface area contributed by atoms with E-state index in [1.54, 1.807) is 26.0 Å². The number of esters is 2. The lowest BCUT2D eigenvalue weighted by Crippen LogP contribution is -2.42. The molecule has 2 heterocycles. The fourth-order valence-corrected chi connectivity index (χ4v) is 4.28. The Morgan fingerprint density at radius 1 is 1.19 bits per heavy atom. The molecule has 2 aromatic rings. The standard InChI is InChI=1S/C25H33N5O6/c1-4-35-19(31)13-12-18(24(34)36-5-2)27-22(32)16-9-6-15(7-10-16)8-11-17-14-30(3)21-20(17)23(33)29-25(26)28-21/h6-7,9-10,17-18H,4-5,8,11-14H2,1-3H3,(H,27,32)(H3,26,28,29,33)/t17?,18-/m1/s1. The minimum atomic E-state index is -0.957. The summed E-state index contributed by atoms with van der Waals surface area (Å²) in [7, 11) is 1.88. The first-order valence-electron chi connectivity index (χ1n) is 12.1. The number of carbonyl (C=O) groups is 3. The molecule has 0 saturated heterocycles. The first-order valence-corrected chi connectivity index (χ1v) is 12.1. The maximum absolute atomic E-state index is 12.8. The van der Waals surface area contributed by atoms with Crippen molar-refractivity contribution in [1.29, 1.82) is 0 Å². The number of rotatable bonds is 11. The summed E-state index contributed by atoms with van der Waals surface area (Å²) in [6.07, 6.45) is 1.50. The zero-order valence-corrected chi connectivity index (χ0v) is 20.8. The number of likely N-dealkylation sites (N-methyl/N-ethyl adjacent to an activating group) is 1. The Kier molecular flexibility index (Phi) is 9.04. The minimum Gasteiger partial charge on any atom is -0.466 e. The summed E-state index contributed by atoms with van der Waals surface area (Å²) in [4.78, 5) is 57.9. The van der Waals surface area contributed by atoms with Crippen molar-refractivity contribution in [2.45, 2.75) is 51.5 Å². The molecule has 194 valence electrons. The summed E-state index contributed by atoms with van der Waals surface area (Å²) in [6.45, 7) is 4.45. The Morgan fingerprint density at radius 3 is 2.56 bits per heavy atom. The van der Waals surface area contributed by atoms with Gasteiger partial charge in [-0.3, -0.25) is 19.4 Å². The number of nitrogens with zero attached hydrogens (tertiary/aromatic N) is 2. The van der Waals surface area contributed by atoms with Gasteiger partial charge < -0.3 is 25.4 Å². The third-order valence-corrected chi connectivity index (χ3v) is 6.03. The Labute approximate surface area is 209 Å². The Morgan fingerprint density at radius 2 is 1.89 bits per heavy atom. The van der Waals surface area contributed by atoms with Gasteiger partial charge in [-0.15, -0.1) is 0 Å². The lowest BCUT2D eigenvalue weighted by molar-refractivity contribution is -0.146. The van der Waals surface area contributed by atoms with E-state index < -0.39 is 23.9 Å². The van der Waals surface area contributed by atoms with Gasteiger partial charge in [0, 0.05) is 31.5 Å². The van der Waals surface area contributed by atoms with Crippen LogP contribution >= 0.6 is 0 Å². The second-order valence-corrected chi connectivity index (χ2v) is 8.62. The van der Waals surface area contributed by atoms with Crippen LogP contribution in [0.5, 0.6) is 0 Å². The van der Waals surface area contributed by atoms with E-state index in [0.29, 0.717) is 29.9 Å². The average molecular weight is 500 g/mol. The number of fused-ring (bicyclic) bond motifs is 1.